The van der Waals surface area contributed by atoms with E-state index in [0.29, 0.717) is 11.1 Å². The van der Waals surface area contributed by atoms with E-state index in [0.717, 1.165) is 0 Å². The Bertz CT molecular complexity index is 714. The molecule has 0 aliphatic heterocycles. The van der Waals surface area contributed by atoms with Crippen molar-refractivity contribution in [3.63, 3.8) is 0 Å². The van der Waals surface area contributed by atoms with E-state index >= 15 is 0 Å². The minimum atomic E-state index is -1.23. The number of carbonyl (C=O) groups excluding carboxylic acids is 2. The third kappa shape index (κ3) is 8.04. The Balaban J connectivity index is 2.94. The highest BCUT2D eigenvalue weighted by molar-refractivity contribution is 7.80. The van der Waals surface area contributed by atoms with Gasteiger partial charge in [0.1, 0.15) is 16.6 Å². The molecule has 1 aromatic carbocycles. The van der Waals surface area contributed by atoms with Gasteiger partial charge in [-0.15, -0.1) is 0 Å². The Kier molecular flexibility index (Phi) is 8.17. The summed E-state index contributed by atoms with van der Waals surface area (Å²) in [5.41, 5.74) is 0.261. The van der Waals surface area contributed by atoms with Crippen LogP contribution in [0.4, 0.5) is 9.59 Å². The van der Waals surface area contributed by atoms with E-state index in [1.165, 1.54) is 0 Å². The largest absolute Gasteiger partial charge is 0.480 e. The lowest BCUT2D eigenvalue weighted by Gasteiger charge is -2.22. The Morgan fingerprint density at radius 1 is 1.19 bits per heavy atom. The third-order valence-corrected chi connectivity index (χ3v) is 3.49. The molecular formula is C18H24N2O6S. The second-order valence-electron chi connectivity index (χ2n) is 6.57. The second kappa shape index (κ2) is 9.86. The van der Waals surface area contributed by atoms with Crippen molar-refractivity contribution >= 4 is 35.4 Å². The summed E-state index contributed by atoms with van der Waals surface area (Å²) in [6.07, 6.45) is -1.58. The van der Waals surface area contributed by atoms with E-state index in [1.54, 1.807) is 52.0 Å². The van der Waals surface area contributed by atoms with Crippen LogP contribution in [0.5, 0.6) is 0 Å². The molecule has 0 fully saturated rings. The first kappa shape index (κ1) is 22.4. The van der Waals surface area contributed by atoms with Gasteiger partial charge >= 0.3 is 18.2 Å². The summed E-state index contributed by atoms with van der Waals surface area (Å²) in [5, 5.41) is 14.2. The van der Waals surface area contributed by atoms with E-state index in [4.69, 9.17) is 21.7 Å². The molecule has 1 rings (SSSR count). The molecule has 148 valence electrons. The van der Waals surface area contributed by atoms with Crippen LogP contribution in [0.15, 0.2) is 24.3 Å². The number of carboxylic acid groups (broad SMARTS) is 1. The number of aliphatic carboxylic acids is 1. The van der Waals surface area contributed by atoms with E-state index in [2.05, 4.69) is 10.6 Å². The van der Waals surface area contributed by atoms with E-state index < -0.39 is 29.8 Å². The Labute approximate surface area is 163 Å². The minimum absolute atomic E-state index is 0.0462. The second-order valence-corrected chi connectivity index (χ2v) is 6.98. The van der Waals surface area contributed by atoms with Gasteiger partial charge in [-0.2, -0.15) is 0 Å². The predicted molar refractivity (Wildman–Crippen MR) is 103 cm³/mol. The molecule has 0 radical (unpaired) electrons. The maximum atomic E-state index is 11.9. The van der Waals surface area contributed by atoms with Crippen LogP contribution in [0, 0.1) is 0 Å². The third-order valence-electron chi connectivity index (χ3n) is 3.17. The number of alkyl carbamates (subject to hydrolysis) is 2. The summed E-state index contributed by atoms with van der Waals surface area (Å²) in [6.45, 7) is 6.89. The van der Waals surface area contributed by atoms with Gasteiger partial charge in [0.15, 0.2) is 0 Å². The first-order valence-electron chi connectivity index (χ1n) is 8.31. The first-order valence-corrected chi connectivity index (χ1v) is 8.72. The molecule has 0 aliphatic carbocycles. The number of amides is 2. The number of hydrogen-bond acceptors (Lipinski definition) is 6. The number of ether oxygens (including phenoxy) is 2. The smallest absolute Gasteiger partial charge is 0.412 e. The number of rotatable bonds is 6. The monoisotopic (exact) mass is 396 g/mol. The lowest BCUT2D eigenvalue weighted by Crippen LogP contribution is -2.45. The summed E-state index contributed by atoms with van der Waals surface area (Å²) in [4.78, 5) is 35.1. The van der Waals surface area contributed by atoms with Crippen molar-refractivity contribution in [1.82, 2.24) is 10.6 Å². The highest BCUT2D eigenvalue weighted by Crippen LogP contribution is 2.14. The van der Waals surface area contributed by atoms with Crippen LogP contribution < -0.4 is 10.6 Å². The fourth-order valence-electron chi connectivity index (χ4n) is 2.12. The molecule has 0 unspecified atom stereocenters. The maximum Gasteiger partial charge on any atom is 0.412 e. The predicted octanol–water partition coefficient (Wildman–Crippen LogP) is 2.63. The van der Waals surface area contributed by atoms with Crippen LogP contribution in [0.3, 0.4) is 0 Å². The molecule has 9 heteroatoms. The van der Waals surface area contributed by atoms with Crippen LogP contribution in [-0.2, 0) is 20.7 Å². The molecule has 0 saturated carbocycles. The van der Waals surface area contributed by atoms with Gasteiger partial charge in [0.25, 0.3) is 0 Å². The van der Waals surface area contributed by atoms with Crippen LogP contribution in [0.2, 0.25) is 0 Å². The molecular weight excluding hydrogens is 372 g/mol. The summed E-state index contributed by atoms with van der Waals surface area (Å²) < 4.78 is 9.89. The zero-order valence-corrected chi connectivity index (χ0v) is 16.5. The zero-order chi connectivity index (χ0) is 20.6. The number of nitrogens with one attached hydrogen (secondary N) is 2. The normalized spacial score (nSPS) is 11.9. The number of hydrogen-bond donors (Lipinski definition) is 3. The highest BCUT2D eigenvalue weighted by Gasteiger charge is 2.25. The molecule has 3 N–H and O–H groups in total. The Hall–Kier alpha value is -2.68. The zero-order valence-electron chi connectivity index (χ0n) is 15.7. The quantitative estimate of drug-likeness (QED) is 0.633. The van der Waals surface area contributed by atoms with Gasteiger partial charge in [-0.05, 0) is 33.3 Å². The van der Waals surface area contributed by atoms with Crippen molar-refractivity contribution in [2.75, 3.05) is 6.61 Å². The Morgan fingerprint density at radius 2 is 1.81 bits per heavy atom. The van der Waals surface area contributed by atoms with Crippen molar-refractivity contribution in [1.29, 1.82) is 0 Å². The van der Waals surface area contributed by atoms with Crippen LogP contribution >= 0.6 is 12.2 Å². The fourth-order valence-corrected chi connectivity index (χ4v) is 2.40. The van der Waals surface area contributed by atoms with E-state index in [-0.39, 0.29) is 18.0 Å². The van der Waals surface area contributed by atoms with E-state index in [9.17, 15) is 19.5 Å². The molecule has 0 aromatic heterocycles. The standard InChI is InChI=1S/C18H24N2O6S/c1-5-25-16(23)20-14(27)12-9-7-6-8-11(12)10-13(15(21)22)19-17(24)26-18(2,3)4/h6-9,13H,5,10H2,1-4H3,(H,19,24)(H,21,22)(H,20,23,27)/t13-/m0/s1. The van der Waals surface area contributed by atoms with Crippen molar-refractivity contribution in [2.24, 2.45) is 0 Å². The molecule has 0 spiro atoms. The maximum absolute atomic E-state index is 11.9. The molecule has 1 atom stereocenters. The van der Waals surface area contributed by atoms with Gasteiger partial charge in [-0.3, -0.25) is 5.32 Å². The average molecular weight is 396 g/mol. The molecule has 0 heterocycles. The molecule has 0 aliphatic rings. The highest BCUT2D eigenvalue weighted by atomic mass is 32.1. The fraction of sp³-hybridized carbons (Fsp3) is 0.444. The lowest BCUT2D eigenvalue weighted by atomic mass is 10.00. The van der Waals surface area contributed by atoms with Gasteiger partial charge in [-0.25, -0.2) is 14.4 Å². The van der Waals surface area contributed by atoms with Gasteiger partial charge in [0.2, 0.25) is 0 Å². The van der Waals surface area contributed by atoms with Crippen molar-refractivity contribution in [3.05, 3.63) is 35.4 Å². The van der Waals surface area contributed by atoms with E-state index in [1.807, 2.05) is 0 Å². The number of thiocarbonyl (C=S) groups is 1. The van der Waals surface area contributed by atoms with Crippen LogP contribution in [0.1, 0.15) is 38.8 Å². The molecule has 0 saturated heterocycles. The van der Waals surface area contributed by atoms with Gasteiger partial charge < -0.3 is 19.9 Å². The molecule has 0 bridgehead atoms. The Morgan fingerprint density at radius 3 is 2.37 bits per heavy atom. The van der Waals surface area contributed by atoms with Gasteiger partial charge in [-0.1, -0.05) is 36.5 Å². The minimum Gasteiger partial charge on any atom is -0.480 e. The SMILES string of the molecule is CCOC(=O)NC(=S)c1ccccc1C[C@H](NC(=O)OC(C)(C)C)C(=O)O. The summed E-state index contributed by atoms with van der Waals surface area (Å²) in [5.74, 6) is -1.22. The summed E-state index contributed by atoms with van der Waals surface area (Å²) in [7, 11) is 0. The number of carbonyl (C=O) groups is 3. The lowest BCUT2D eigenvalue weighted by molar-refractivity contribution is -0.139. The van der Waals surface area contributed by atoms with Crippen molar-refractivity contribution in [2.45, 2.75) is 45.8 Å². The molecule has 1 aromatic rings. The van der Waals surface area contributed by atoms with Crippen LogP contribution in [-0.4, -0.2) is 46.5 Å². The molecule has 27 heavy (non-hydrogen) atoms. The van der Waals surface area contributed by atoms with Gasteiger partial charge in [0.05, 0.1) is 6.61 Å². The number of benzene rings is 1. The molecule has 8 nitrogen and oxygen atoms in total. The topological polar surface area (TPSA) is 114 Å². The average Bonchev–Trinajstić information content (AvgIpc) is 2.52. The summed E-state index contributed by atoms with van der Waals surface area (Å²) >= 11 is 5.21. The first-order chi connectivity index (χ1) is 12.5. The van der Waals surface area contributed by atoms with Crippen LogP contribution in [0.25, 0.3) is 0 Å². The van der Waals surface area contributed by atoms with Crippen molar-refractivity contribution < 1.29 is 29.0 Å². The van der Waals surface area contributed by atoms with Gasteiger partial charge in [0, 0.05) is 12.0 Å². The number of carboxylic acids is 1. The molecule has 2 amide bonds. The van der Waals surface area contributed by atoms with Crippen molar-refractivity contribution in [3.8, 4) is 0 Å². The summed E-state index contributed by atoms with van der Waals surface area (Å²) in [6, 6.07) is 5.50.